The highest BCUT2D eigenvalue weighted by Gasteiger charge is 2.58. The lowest BCUT2D eigenvalue weighted by Crippen LogP contribution is -2.71. The van der Waals surface area contributed by atoms with Crippen molar-refractivity contribution in [3.63, 3.8) is 0 Å². The summed E-state index contributed by atoms with van der Waals surface area (Å²) in [6, 6.07) is 14.2. The van der Waals surface area contributed by atoms with Gasteiger partial charge in [0.05, 0.1) is 19.4 Å². The molecule has 1 aromatic heterocycles. The highest BCUT2D eigenvalue weighted by atomic mass is 16.5. The standard InChI is InChI=1S/C34H44N4O4/c1-8-15-42-26-14-13-21(16-27(26)41-7)24-19-38-28(39)20-37(22-17-32(2,3)36-33(4,5)18-22)31(40)34(38,6)30-29(24)23-11-9-10-12-25(23)35-30/h9-14,16,22,24,35-36H,8,15,17-20H2,1-7H3/t24?,34-/m0/s1. The Morgan fingerprint density at radius 2 is 1.69 bits per heavy atom. The van der Waals surface area contributed by atoms with Gasteiger partial charge in [-0.05, 0) is 83.2 Å². The quantitative estimate of drug-likeness (QED) is 0.418. The molecule has 6 rings (SSSR count). The fourth-order valence-corrected chi connectivity index (χ4v) is 7.95. The third kappa shape index (κ3) is 4.55. The molecule has 8 nitrogen and oxygen atoms in total. The first-order valence-electron chi connectivity index (χ1n) is 15.2. The number of piperazine rings is 1. The highest BCUT2D eigenvalue weighted by Crippen LogP contribution is 2.50. The van der Waals surface area contributed by atoms with Gasteiger partial charge in [-0.15, -0.1) is 0 Å². The van der Waals surface area contributed by atoms with Crippen LogP contribution in [-0.4, -0.2) is 70.5 Å². The van der Waals surface area contributed by atoms with Gasteiger partial charge < -0.3 is 29.6 Å². The minimum absolute atomic E-state index is 0.00671. The van der Waals surface area contributed by atoms with E-state index in [1.165, 1.54) is 0 Å². The first-order valence-corrected chi connectivity index (χ1v) is 15.2. The molecule has 0 aliphatic carbocycles. The third-order valence-electron chi connectivity index (χ3n) is 9.43. The number of ether oxygens (including phenoxy) is 2. The predicted octanol–water partition coefficient (Wildman–Crippen LogP) is 5.31. The van der Waals surface area contributed by atoms with Crippen molar-refractivity contribution < 1.29 is 19.1 Å². The zero-order chi connectivity index (χ0) is 30.0. The molecule has 0 spiro atoms. The molecular weight excluding hydrogens is 528 g/mol. The third-order valence-corrected chi connectivity index (χ3v) is 9.43. The lowest BCUT2D eigenvalue weighted by Gasteiger charge is -2.56. The van der Waals surface area contributed by atoms with Crippen LogP contribution in [0.15, 0.2) is 42.5 Å². The van der Waals surface area contributed by atoms with Crippen LogP contribution in [0, 0.1) is 0 Å². The summed E-state index contributed by atoms with van der Waals surface area (Å²) < 4.78 is 11.7. The summed E-state index contributed by atoms with van der Waals surface area (Å²) in [6.07, 6.45) is 2.49. The number of amides is 2. The number of rotatable bonds is 6. The number of nitrogens with zero attached hydrogens (tertiary/aromatic N) is 2. The van der Waals surface area contributed by atoms with E-state index >= 15 is 0 Å². The molecule has 0 bridgehead atoms. The zero-order valence-corrected chi connectivity index (χ0v) is 26.0. The Kier molecular flexibility index (Phi) is 6.84. The number of nitrogens with one attached hydrogen (secondary N) is 2. The number of fused-ring (bicyclic) bond motifs is 5. The summed E-state index contributed by atoms with van der Waals surface area (Å²) in [5.74, 6) is 1.20. The predicted molar refractivity (Wildman–Crippen MR) is 164 cm³/mol. The molecule has 8 heteroatoms. The minimum Gasteiger partial charge on any atom is -0.493 e. The number of benzene rings is 2. The van der Waals surface area contributed by atoms with Crippen LogP contribution in [0.3, 0.4) is 0 Å². The molecule has 3 aliphatic heterocycles. The van der Waals surface area contributed by atoms with Crippen LogP contribution >= 0.6 is 0 Å². The largest absolute Gasteiger partial charge is 0.493 e. The Bertz CT molecular complexity index is 1530. The smallest absolute Gasteiger partial charge is 0.255 e. The summed E-state index contributed by atoms with van der Waals surface area (Å²) in [4.78, 5) is 36.2. The van der Waals surface area contributed by atoms with E-state index in [9.17, 15) is 9.59 Å². The number of hydrogen-bond donors (Lipinski definition) is 2. The van der Waals surface area contributed by atoms with E-state index in [-0.39, 0.29) is 41.4 Å². The van der Waals surface area contributed by atoms with Gasteiger partial charge in [0.1, 0.15) is 6.54 Å². The lowest BCUT2D eigenvalue weighted by atomic mass is 9.74. The Labute approximate surface area is 248 Å². The number of hydrogen-bond acceptors (Lipinski definition) is 5. The number of aromatic nitrogens is 1. The molecule has 3 aromatic rings. The van der Waals surface area contributed by atoms with Gasteiger partial charge in [-0.2, -0.15) is 0 Å². The van der Waals surface area contributed by atoms with Crippen molar-refractivity contribution in [2.24, 2.45) is 0 Å². The number of H-pyrrole nitrogens is 1. The minimum atomic E-state index is -1.13. The molecule has 2 atom stereocenters. The molecule has 1 unspecified atom stereocenters. The fraction of sp³-hybridized carbons (Fsp3) is 0.529. The Hall–Kier alpha value is -3.52. The monoisotopic (exact) mass is 572 g/mol. The summed E-state index contributed by atoms with van der Waals surface area (Å²) in [7, 11) is 1.65. The number of carbonyl (C=O) groups excluding carboxylic acids is 2. The molecule has 2 aromatic carbocycles. The number of para-hydroxylation sites is 1. The van der Waals surface area contributed by atoms with Gasteiger partial charge in [-0.3, -0.25) is 9.59 Å². The molecule has 2 N–H and O–H groups in total. The van der Waals surface area contributed by atoms with Crippen molar-refractivity contribution in [1.29, 1.82) is 0 Å². The van der Waals surface area contributed by atoms with Gasteiger partial charge in [0.2, 0.25) is 5.91 Å². The highest BCUT2D eigenvalue weighted by molar-refractivity contribution is 6.01. The van der Waals surface area contributed by atoms with Gasteiger partial charge in [-0.1, -0.05) is 31.2 Å². The molecule has 2 amide bonds. The van der Waals surface area contributed by atoms with Crippen molar-refractivity contribution in [2.75, 3.05) is 26.8 Å². The van der Waals surface area contributed by atoms with Crippen molar-refractivity contribution in [3.8, 4) is 11.5 Å². The summed E-state index contributed by atoms with van der Waals surface area (Å²) in [6.45, 7) is 13.8. The van der Waals surface area contributed by atoms with E-state index in [1.807, 2.05) is 47.1 Å². The number of piperidine rings is 1. The van der Waals surface area contributed by atoms with Gasteiger partial charge in [0, 0.05) is 40.5 Å². The summed E-state index contributed by atoms with van der Waals surface area (Å²) in [5, 5.41) is 4.79. The molecule has 0 radical (unpaired) electrons. The molecule has 0 saturated carbocycles. The second kappa shape index (κ2) is 10.0. The lowest BCUT2D eigenvalue weighted by molar-refractivity contribution is -0.170. The summed E-state index contributed by atoms with van der Waals surface area (Å²) >= 11 is 0. The SMILES string of the molecule is CCCOc1ccc(C2CN3C(=O)CN(C4CC(C)(C)NC(C)(C)C4)C(=O)[C@]3(C)c3[nH]c4ccccc4c32)cc1OC. The van der Waals surface area contributed by atoms with E-state index < -0.39 is 5.54 Å². The van der Waals surface area contributed by atoms with Crippen molar-refractivity contribution in [1.82, 2.24) is 20.1 Å². The average molecular weight is 573 g/mol. The van der Waals surface area contributed by atoms with Gasteiger partial charge in [-0.25, -0.2) is 0 Å². The number of methoxy groups -OCH3 is 1. The maximum absolute atomic E-state index is 14.7. The Balaban J connectivity index is 1.47. The maximum atomic E-state index is 14.7. The van der Waals surface area contributed by atoms with Crippen LogP contribution in [-0.2, 0) is 15.1 Å². The van der Waals surface area contributed by atoms with E-state index in [4.69, 9.17) is 9.47 Å². The topological polar surface area (TPSA) is 86.9 Å². The van der Waals surface area contributed by atoms with Crippen LogP contribution < -0.4 is 14.8 Å². The zero-order valence-electron chi connectivity index (χ0n) is 26.0. The van der Waals surface area contributed by atoms with Gasteiger partial charge in [0.25, 0.3) is 5.91 Å². The number of aromatic amines is 1. The Morgan fingerprint density at radius 3 is 2.38 bits per heavy atom. The van der Waals surface area contributed by atoms with Gasteiger partial charge in [0.15, 0.2) is 17.0 Å². The first kappa shape index (κ1) is 28.6. The summed E-state index contributed by atoms with van der Waals surface area (Å²) in [5.41, 5.74) is 2.44. The van der Waals surface area contributed by atoms with Crippen LogP contribution in [0.25, 0.3) is 10.9 Å². The molecule has 42 heavy (non-hydrogen) atoms. The first-order chi connectivity index (χ1) is 19.9. The second-order valence-corrected chi connectivity index (χ2v) is 13.7. The van der Waals surface area contributed by atoms with E-state index in [0.29, 0.717) is 24.7 Å². The van der Waals surface area contributed by atoms with Gasteiger partial charge >= 0.3 is 0 Å². The normalized spacial score (nSPS) is 25.4. The van der Waals surface area contributed by atoms with Crippen LogP contribution in [0.4, 0.5) is 0 Å². The molecule has 3 aliphatic rings. The fourth-order valence-electron chi connectivity index (χ4n) is 7.95. The van der Waals surface area contributed by atoms with E-state index in [0.717, 1.165) is 47.0 Å². The molecule has 2 fully saturated rings. The average Bonchev–Trinajstić information content (AvgIpc) is 3.33. The van der Waals surface area contributed by atoms with Crippen LogP contribution in [0.5, 0.6) is 11.5 Å². The van der Waals surface area contributed by atoms with Crippen LogP contribution in [0.1, 0.15) is 83.5 Å². The van der Waals surface area contributed by atoms with Crippen molar-refractivity contribution in [2.45, 2.75) is 89.4 Å². The second-order valence-electron chi connectivity index (χ2n) is 13.7. The van der Waals surface area contributed by atoms with Crippen molar-refractivity contribution in [3.05, 3.63) is 59.3 Å². The number of carbonyl (C=O) groups is 2. The van der Waals surface area contributed by atoms with Crippen molar-refractivity contribution >= 4 is 22.7 Å². The molecule has 4 heterocycles. The molecular formula is C34H44N4O4. The Morgan fingerprint density at radius 1 is 0.976 bits per heavy atom. The van der Waals surface area contributed by atoms with E-state index in [2.05, 4.69) is 57.1 Å². The van der Waals surface area contributed by atoms with Crippen LogP contribution in [0.2, 0.25) is 0 Å². The molecule has 224 valence electrons. The molecule has 2 saturated heterocycles. The maximum Gasteiger partial charge on any atom is 0.255 e. The van der Waals surface area contributed by atoms with E-state index in [1.54, 1.807) is 7.11 Å².